The molecule has 0 amide bonds. The summed E-state index contributed by atoms with van der Waals surface area (Å²) in [4.78, 5) is 15.1. The number of aromatic nitrogens is 3. The van der Waals surface area contributed by atoms with Crippen molar-refractivity contribution in [3.8, 4) is 67.5 Å². The Bertz CT molecular complexity index is 3230. The van der Waals surface area contributed by atoms with E-state index in [1.54, 1.807) is 0 Å². The second-order valence-corrected chi connectivity index (χ2v) is 14.4. The van der Waals surface area contributed by atoms with Crippen LogP contribution in [-0.4, -0.2) is 15.0 Å². The average molecular weight is 728 g/mol. The van der Waals surface area contributed by atoms with Gasteiger partial charge in [-0.25, -0.2) is 15.0 Å². The van der Waals surface area contributed by atoms with Gasteiger partial charge in [-0.3, -0.25) is 0 Å². The van der Waals surface area contributed by atoms with Crippen molar-refractivity contribution in [2.24, 2.45) is 0 Å². The Morgan fingerprint density at radius 1 is 0.281 bits per heavy atom. The zero-order valence-electron chi connectivity index (χ0n) is 30.8. The molecule has 11 aromatic rings. The van der Waals surface area contributed by atoms with E-state index in [1.807, 2.05) is 72.8 Å². The minimum absolute atomic E-state index is 0.609. The van der Waals surface area contributed by atoms with Crippen LogP contribution in [0.4, 0.5) is 0 Å². The predicted molar refractivity (Wildman–Crippen MR) is 235 cm³/mol. The highest BCUT2D eigenvalue weighted by molar-refractivity contribution is 6.11. The van der Waals surface area contributed by atoms with Gasteiger partial charge in [-0.05, 0) is 73.6 Å². The van der Waals surface area contributed by atoms with E-state index in [4.69, 9.17) is 19.4 Å². The van der Waals surface area contributed by atoms with Gasteiger partial charge in [-0.15, -0.1) is 0 Å². The minimum Gasteiger partial charge on any atom is -0.455 e. The Balaban J connectivity index is 1.11. The van der Waals surface area contributed by atoms with E-state index in [0.717, 1.165) is 66.3 Å². The standard InChI is InChI=1S/C53H33N3O/c1-3-14-35(15-4-1)51-54-52(36-16-5-2-6-17-36)56-53(55-51)41-29-30-44(46-22-12-23-47-45-20-9-10-24-49(45)57-50(46)47)48(33-41)40-28-26-37-31-39(27-25-38(37)32-40)43-21-11-18-34-13-7-8-19-42(34)43/h1-33H. The summed E-state index contributed by atoms with van der Waals surface area (Å²) in [6.45, 7) is 0. The topological polar surface area (TPSA) is 51.8 Å². The molecule has 9 aromatic carbocycles. The van der Waals surface area contributed by atoms with E-state index < -0.39 is 0 Å². The van der Waals surface area contributed by atoms with Gasteiger partial charge < -0.3 is 4.42 Å². The van der Waals surface area contributed by atoms with Crippen molar-refractivity contribution in [1.29, 1.82) is 0 Å². The summed E-state index contributed by atoms with van der Waals surface area (Å²) in [5.74, 6) is 1.87. The van der Waals surface area contributed by atoms with Crippen molar-refractivity contribution in [3.05, 3.63) is 200 Å². The Morgan fingerprint density at radius 3 is 1.53 bits per heavy atom. The Kier molecular flexibility index (Phi) is 7.78. The molecule has 0 spiro atoms. The third-order valence-electron chi connectivity index (χ3n) is 10.9. The number of hydrogen-bond donors (Lipinski definition) is 0. The van der Waals surface area contributed by atoms with Gasteiger partial charge in [0.1, 0.15) is 11.2 Å². The Morgan fingerprint density at radius 2 is 0.807 bits per heavy atom. The van der Waals surface area contributed by atoms with Gasteiger partial charge in [0.15, 0.2) is 17.5 Å². The molecular weight excluding hydrogens is 695 g/mol. The van der Waals surface area contributed by atoms with E-state index in [0.29, 0.717) is 17.5 Å². The molecule has 0 aliphatic heterocycles. The lowest BCUT2D eigenvalue weighted by Gasteiger charge is -2.15. The van der Waals surface area contributed by atoms with Crippen molar-refractivity contribution < 1.29 is 4.42 Å². The van der Waals surface area contributed by atoms with Gasteiger partial charge in [0.05, 0.1) is 0 Å². The third kappa shape index (κ3) is 5.83. The van der Waals surface area contributed by atoms with Crippen LogP contribution in [-0.2, 0) is 0 Å². The summed E-state index contributed by atoms with van der Waals surface area (Å²) in [6.07, 6.45) is 0. The molecule has 11 rings (SSSR count). The van der Waals surface area contributed by atoms with Crippen LogP contribution in [0.1, 0.15) is 0 Å². The van der Waals surface area contributed by atoms with Gasteiger partial charge in [0, 0.05) is 33.0 Å². The molecule has 2 heterocycles. The molecule has 0 saturated heterocycles. The monoisotopic (exact) mass is 727 g/mol. The third-order valence-corrected chi connectivity index (χ3v) is 10.9. The summed E-state index contributed by atoms with van der Waals surface area (Å²) in [5, 5.41) is 7.03. The fraction of sp³-hybridized carbons (Fsp3) is 0. The molecule has 266 valence electrons. The first-order valence-corrected chi connectivity index (χ1v) is 19.2. The van der Waals surface area contributed by atoms with Crippen LogP contribution < -0.4 is 0 Å². The number of fused-ring (bicyclic) bond motifs is 5. The van der Waals surface area contributed by atoms with Crippen LogP contribution >= 0.6 is 0 Å². The van der Waals surface area contributed by atoms with E-state index >= 15 is 0 Å². The smallest absolute Gasteiger partial charge is 0.164 e. The molecule has 0 N–H and O–H groups in total. The van der Waals surface area contributed by atoms with E-state index in [-0.39, 0.29) is 0 Å². The van der Waals surface area contributed by atoms with E-state index in [1.165, 1.54) is 27.3 Å². The molecule has 0 bridgehead atoms. The van der Waals surface area contributed by atoms with Crippen molar-refractivity contribution >= 4 is 43.5 Å². The molecule has 2 aromatic heterocycles. The lowest BCUT2D eigenvalue weighted by molar-refractivity contribution is 0.670. The largest absolute Gasteiger partial charge is 0.455 e. The van der Waals surface area contributed by atoms with Gasteiger partial charge in [0.25, 0.3) is 0 Å². The zero-order valence-corrected chi connectivity index (χ0v) is 30.8. The number of para-hydroxylation sites is 2. The predicted octanol–water partition coefficient (Wildman–Crippen LogP) is 14.1. The van der Waals surface area contributed by atoms with Crippen LogP contribution in [0.5, 0.6) is 0 Å². The van der Waals surface area contributed by atoms with Crippen molar-refractivity contribution in [2.75, 3.05) is 0 Å². The van der Waals surface area contributed by atoms with Crippen molar-refractivity contribution in [2.45, 2.75) is 0 Å². The highest BCUT2D eigenvalue weighted by atomic mass is 16.3. The van der Waals surface area contributed by atoms with Crippen LogP contribution in [0.2, 0.25) is 0 Å². The highest BCUT2D eigenvalue weighted by Gasteiger charge is 2.19. The maximum Gasteiger partial charge on any atom is 0.164 e. The summed E-state index contributed by atoms with van der Waals surface area (Å²) in [6, 6.07) is 70.1. The summed E-state index contributed by atoms with van der Waals surface area (Å²) in [5.41, 5.74) is 11.2. The maximum absolute atomic E-state index is 6.60. The van der Waals surface area contributed by atoms with Crippen LogP contribution in [0.15, 0.2) is 205 Å². The normalized spacial score (nSPS) is 11.5. The van der Waals surface area contributed by atoms with Gasteiger partial charge >= 0.3 is 0 Å². The summed E-state index contributed by atoms with van der Waals surface area (Å²) in [7, 11) is 0. The molecular formula is C53H33N3O. The summed E-state index contributed by atoms with van der Waals surface area (Å²) < 4.78 is 6.60. The fourth-order valence-corrected chi connectivity index (χ4v) is 8.11. The van der Waals surface area contributed by atoms with Gasteiger partial charge in [-0.2, -0.15) is 0 Å². The zero-order chi connectivity index (χ0) is 37.7. The fourth-order valence-electron chi connectivity index (χ4n) is 8.11. The van der Waals surface area contributed by atoms with Crippen LogP contribution in [0, 0.1) is 0 Å². The molecule has 4 heteroatoms. The van der Waals surface area contributed by atoms with Gasteiger partial charge in [-0.1, -0.05) is 176 Å². The lowest BCUT2D eigenvalue weighted by atomic mass is 9.90. The number of hydrogen-bond acceptors (Lipinski definition) is 4. The molecule has 57 heavy (non-hydrogen) atoms. The lowest BCUT2D eigenvalue weighted by Crippen LogP contribution is -2.00. The summed E-state index contributed by atoms with van der Waals surface area (Å²) >= 11 is 0. The molecule has 0 aliphatic carbocycles. The van der Waals surface area contributed by atoms with E-state index in [9.17, 15) is 0 Å². The first kappa shape index (κ1) is 32.7. The molecule has 0 atom stereocenters. The maximum atomic E-state index is 6.60. The van der Waals surface area contributed by atoms with Gasteiger partial charge in [0.2, 0.25) is 0 Å². The molecule has 4 nitrogen and oxygen atoms in total. The first-order valence-electron chi connectivity index (χ1n) is 19.2. The molecule has 0 aliphatic rings. The van der Waals surface area contributed by atoms with Crippen LogP contribution in [0.25, 0.3) is 111 Å². The second-order valence-electron chi connectivity index (χ2n) is 14.4. The number of rotatable bonds is 6. The molecule has 0 unspecified atom stereocenters. The Labute approximate surface area is 329 Å². The number of benzene rings is 9. The van der Waals surface area contributed by atoms with Crippen LogP contribution in [0.3, 0.4) is 0 Å². The van der Waals surface area contributed by atoms with Crippen molar-refractivity contribution in [3.63, 3.8) is 0 Å². The van der Waals surface area contributed by atoms with E-state index in [2.05, 4.69) is 127 Å². The first-order chi connectivity index (χ1) is 28.2. The number of furan rings is 1. The number of nitrogens with zero attached hydrogens (tertiary/aromatic N) is 3. The Hall–Kier alpha value is -7.69. The quantitative estimate of drug-likeness (QED) is 0.171. The minimum atomic E-state index is 0.609. The van der Waals surface area contributed by atoms with Crippen molar-refractivity contribution in [1.82, 2.24) is 15.0 Å². The molecule has 0 radical (unpaired) electrons. The molecule has 0 fully saturated rings. The highest BCUT2D eigenvalue weighted by Crippen LogP contribution is 2.42. The molecule has 0 saturated carbocycles. The SMILES string of the molecule is c1ccc(-c2nc(-c3ccccc3)nc(-c3ccc(-c4cccc5c4oc4ccccc45)c(-c4ccc5cc(-c6cccc7ccccc67)ccc5c4)c3)n2)cc1. The average Bonchev–Trinajstić information content (AvgIpc) is 3.68. The second kappa shape index (κ2) is 13.6.